The van der Waals surface area contributed by atoms with Crippen molar-refractivity contribution in [3.63, 3.8) is 0 Å². The number of pyridine rings is 1. The van der Waals surface area contributed by atoms with Gasteiger partial charge in [-0.15, -0.1) is 0 Å². The van der Waals surface area contributed by atoms with Crippen LogP contribution >= 0.6 is 0 Å². The number of rotatable bonds is 17. The molecule has 1 aliphatic heterocycles. The largest absolute Gasteiger partial charge is 0.453 e. The Hall–Kier alpha value is -5.01. The Kier molecular flexibility index (Phi) is 15.0. The Balaban J connectivity index is 1.63. The van der Waals surface area contributed by atoms with Crippen LogP contribution in [0.3, 0.4) is 0 Å². The molecule has 6 unspecified atom stereocenters. The number of hydrogen-bond acceptors (Lipinski definition) is 8. The number of hydrazine groups is 1. The summed E-state index contributed by atoms with van der Waals surface area (Å²) in [4.78, 5) is 60.0. The van der Waals surface area contributed by atoms with Gasteiger partial charge in [0.2, 0.25) is 5.91 Å². The molecule has 3 aromatic rings. The number of amides is 5. The van der Waals surface area contributed by atoms with Crippen molar-refractivity contribution in [1.29, 1.82) is 0 Å². The second-order valence-electron chi connectivity index (χ2n) is 15.2. The molecule has 54 heavy (non-hydrogen) atoms. The van der Waals surface area contributed by atoms with E-state index in [1.807, 2.05) is 120 Å². The summed E-state index contributed by atoms with van der Waals surface area (Å²) in [5.41, 5.74) is 5.60. The van der Waals surface area contributed by atoms with Crippen molar-refractivity contribution < 1.29 is 29.0 Å². The van der Waals surface area contributed by atoms with Crippen LogP contribution in [0, 0.1) is 24.2 Å². The molecular weight excluding hydrogens is 686 g/mol. The Morgan fingerprint density at radius 3 is 2.22 bits per heavy atom. The molecule has 0 aliphatic carbocycles. The molecular formula is C41H57N7O6. The second-order valence-corrected chi connectivity index (χ2v) is 15.2. The number of urea groups is 1. The van der Waals surface area contributed by atoms with Gasteiger partial charge in [-0.25, -0.2) is 14.6 Å². The van der Waals surface area contributed by atoms with Crippen molar-refractivity contribution in [3.05, 3.63) is 101 Å². The summed E-state index contributed by atoms with van der Waals surface area (Å²) >= 11 is 0. The zero-order valence-electron chi connectivity index (χ0n) is 32.5. The van der Waals surface area contributed by atoms with Gasteiger partial charge in [0, 0.05) is 25.3 Å². The van der Waals surface area contributed by atoms with E-state index in [-0.39, 0.29) is 37.5 Å². The first kappa shape index (κ1) is 41.7. The third kappa shape index (κ3) is 11.7. The summed E-state index contributed by atoms with van der Waals surface area (Å²) in [6.07, 6.45) is -0.902. The van der Waals surface area contributed by atoms with E-state index in [0.717, 1.165) is 22.5 Å². The Morgan fingerprint density at radius 2 is 1.63 bits per heavy atom. The van der Waals surface area contributed by atoms with Crippen LogP contribution in [-0.4, -0.2) is 88.4 Å². The number of benzene rings is 2. The lowest BCUT2D eigenvalue weighted by Gasteiger charge is -2.36. The predicted octanol–water partition coefficient (Wildman–Crippen LogP) is 4.34. The molecule has 1 aromatic heterocycles. The van der Waals surface area contributed by atoms with E-state index in [2.05, 4.69) is 26.4 Å². The van der Waals surface area contributed by atoms with Crippen molar-refractivity contribution >= 4 is 23.9 Å². The Morgan fingerprint density at radius 1 is 0.981 bits per heavy atom. The second kappa shape index (κ2) is 19.4. The van der Waals surface area contributed by atoms with E-state index in [1.54, 1.807) is 9.91 Å². The average Bonchev–Trinajstić information content (AvgIpc) is 3.48. The van der Waals surface area contributed by atoms with Gasteiger partial charge in [0.25, 0.3) is 5.91 Å². The van der Waals surface area contributed by atoms with Crippen LogP contribution in [0.25, 0.3) is 0 Å². The summed E-state index contributed by atoms with van der Waals surface area (Å²) in [6.45, 7) is 12.1. The predicted molar refractivity (Wildman–Crippen MR) is 207 cm³/mol. The number of aliphatic hydroxyl groups excluding tert-OH is 1. The number of nitrogens with one attached hydrogen (secondary N) is 4. The molecule has 2 heterocycles. The van der Waals surface area contributed by atoms with Gasteiger partial charge in [-0.3, -0.25) is 20.0 Å². The number of carbonyl (C=O) groups is 4. The molecule has 1 aliphatic rings. The standard InChI is InChI=1S/C41H57N7O6/c1-8-27(2)35(33-23-42-39(52)48(33)25-31-21-15-16-28(3)43-31)37(50)44-32(22-29-17-11-9-12-18-29)34(49)26-47(24-30-19-13-10-14-20-30)46-38(51)36(41(4,5)6)45-40(53)54-7/h9-21,27,32-36,49H,8,22-26H2,1-7H3,(H,42,52)(H,44,50)(H,45,53)(H,46,51). The minimum absolute atomic E-state index is 0.0594. The van der Waals surface area contributed by atoms with Gasteiger partial charge >= 0.3 is 12.1 Å². The monoisotopic (exact) mass is 743 g/mol. The fourth-order valence-electron chi connectivity index (χ4n) is 6.80. The quantitative estimate of drug-likeness (QED) is 0.128. The zero-order chi connectivity index (χ0) is 39.4. The maximum absolute atomic E-state index is 14.5. The topological polar surface area (TPSA) is 165 Å². The molecule has 5 amide bonds. The molecule has 0 bridgehead atoms. The lowest BCUT2D eigenvalue weighted by molar-refractivity contribution is -0.133. The van der Waals surface area contributed by atoms with Crippen LogP contribution in [0.2, 0.25) is 0 Å². The Labute approximate surface area is 319 Å². The van der Waals surface area contributed by atoms with Gasteiger partial charge in [0.1, 0.15) is 6.04 Å². The molecule has 292 valence electrons. The summed E-state index contributed by atoms with van der Waals surface area (Å²) in [5.74, 6) is -1.46. The van der Waals surface area contributed by atoms with Crippen molar-refractivity contribution in [2.75, 3.05) is 20.2 Å². The van der Waals surface area contributed by atoms with Gasteiger partial charge < -0.3 is 30.7 Å². The number of aromatic nitrogens is 1. The number of carbonyl (C=O) groups excluding carboxylic acids is 4. The molecule has 1 saturated heterocycles. The first-order valence-corrected chi connectivity index (χ1v) is 18.6. The lowest BCUT2D eigenvalue weighted by Crippen LogP contribution is -2.59. The molecule has 6 atom stereocenters. The molecule has 4 rings (SSSR count). The van der Waals surface area contributed by atoms with Gasteiger partial charge in [0.15, 0.2) is 0 Å². The van der Waals surface area contributed by atoms with E-state index < -0.39 is 47.6 Å². The summed E-state index contributed by atoms with van der Waals surface area (Å²) in [5, 5.41) is 22.4. The molecule has 2 aromatic carbocycles. The number of methoxy groups -OCH3 is 1. The molecule has 0 spiro atoms. The maximum Gasteiger partial charge on any atom is 0.407 e. The summed E-state index contributed by atoms with van der Waals surface area (Å²) in [7, 11) is 1.23. The number of nitrogens with zero attached hydrogens (tertiary/aromatic N) is 3. The summed E-state index contributed by atoms with van der Waals surface area (Å²) in [6, 6.07) is 22.3. The van der Waals surface area contributed by atoms with Crippen LogP contribution in [0.4, 0.5) is 9.59 Å². The van der Waals surface area contributed by atoms with E-state index in [0.29, 0.717) is 19.4 Å². The first-order chi connectivity index (χ1) is 25.7. The minimum Gasteiger partial charge on any atom is -0.453 e. The van der Waals surface area contributed by atoms with Crippen molar-refractivity contribution in [2.24, 2.45) is 17.3 Å². The smallest absolute Gasteiger partial charge is 0.407 e. The van der Waals surface area contributed by atoms with Gasteiger partial charge in [-0.2, -0.15) is 0 Å². The normalized spacial score (nSPS) is 17.2. The molecule has 5 N–H and O–H groups in total. The van der Waals surface area contributed by atoms with Crippen molar-refractivity contribution in [2.45, 2.75) is 91.7 Å². The number of aryl methyl sites for hydroxylation is 1. The highest BCUT2D eigenvalue weighted by molar-refractivity contribution is 5.86. The average molecular weight is 744 g/mol. The zero-order valence-corrected chi connectivity index (χ0v) is 32.5. The van der Waals surface area contributed by atoms with Gasteiger partial charge in [0.05, 0.1) is 43.5 Å². The Bertz CT molecular complexity index is 1690. The highest BCUT2D eigenvalue weighted by atomic mass is 16.5. The summed E-state index contributed by atoms with van der Waals surface area (Å²) < 4.78 is 4.79. The van der Waals surface area contributed by atoms with Crippen LogP contribution in [0.1, 0.15) is 63.6 Å². The highest BCUT2D eigenvalue weighted by Gasteiger charge is 2.43. The highest BCUT2D eigenvalue weighted by Crippen LogP contribution is 2.28. The van der Waals surface area contributed by atoms with Gasteiger partial charge in [-0.05, 0) is 47.9 Å². The first-order valence-electron chi connectivity index (χ1n) is 18.6. The number of hydrogen-bond donors (Lipinski definition) is 5. The molecule has 13 nitrogen and oxygen atoms in total. The molecule has 1 fully saturated rings. The third-order valence-corrected chi connectivity index (χ3v) is 9.93. The van der Waals surface area contributed by atoms with Crippen molar-refractivity contribution in [3.8, 4) is 0 Å². The van der Waals surface area contributed by atoms with E-state index >= 15 is 0 Å². The SMILES string of the molecule is CCC(C)C(C(=O)NC(Cc1ccccc1)C(O)CN(Cc1ccccc1)NC(=O)C(NC(=O)OC)C(C)(C)C)C1CNC(=O)N1Cc1cccc(C)n1. The fourth-order valence-corrected chi connectivity index (χ4v) is 6.80. The van der Waals surface area contributed by atoms with Gasteiger partial charge in [-0.1, -0.05) is 108 Å². The van der Waals surface area contributed by atoms with E-state index in [4.69, 9.17) is 4.74 Å². The molecule has 0 radical (unpaired) electrons. The van der Waals surface area contributed by atoms with Crippen LogP contribution in [0.15, 0.2) is 78.9 Å². The van der Waals surface area contributed by atoms with E-state index in [1.165, 1.54) is 7.11 Å². The lowest BCUT2D eigenvalue weighted by atomic mass is 9.83. The van der Waals surface area contributed by atoms with Crippen LogP contribution in [-0.2, 0) is 33.8 Å². The minimum atomic E-state index is -1.16. The number of aliphatic hydroxyl groups is 1. The number of ether oxygens (including phenoxy) is 1. The molecule has 0 saturated carbocycles. The number of alkyl carbamates (subject to hydrolysis) is 1. The molecule has 13 heteroatoms. The van der Waals surface area contributed by atoms with Crippen LogP contribution in [0.5, 0.6) is 0 Å². The maximum atomic E-state index is 14.5. The fraction of sp³-hybridized carbons (Fsp3) is 0.488. The van der Waals surface area contributed by atoms with E-state index in [9.17, 15) is 24.3 Å². The van der Waals surface area contributed by atoms with Crippen LogP contribution < -0.4 is 21.4 Å². The third-order valence-electron chi connectivity index (χ3n) is 9.93. The van der Waals surface area contributed by atoms with Crippen molar-refractivity contribution in [1.82, 2.24) is 36.3 Å².